The normalized spacial score (nSPS) is 13.4. The Hall–Kier alpha value is -1.64. The van der Waals surface area contributed by atoms with Crippen LogP contribution in [0.15, 0.2) is 60.7 Å². The van der Waals surface area contributed by atoms with Gasteiger partial charge in [-0.3, -0.25) is 0 Å². The van der Waals surface area contributed by atoms with Crippen LogP contribution in [-0.4, -0.2) is 11.1 Å². The van der Waals surface area contributed by atoms with Crippen molar-refractivity contribution in [3.05, 3.63) is 71.8 Å². The number of hydrogen-bond donors (Lipinski definition) is 2. The van der Waals surface area contributed by atoms with Crippen LogP contribution in [0.2, 0.25) is 0 Å². The molecule has 2 aromatic carbocycles. The van der Waals surface area contributed by atoms with Crippen molar-refractivity contribution in [1.29, 1.82) is 0 Å². The highest BCUT2D eigenvalue weighted by Crippen LogP contribution is 2.34. The highest BCUT2D eigenvalue weighted by Gasteiger charge is 2.38. The summed E-state index contributed by atoms with van der Waals surface area (Å²) in [4.78, 5) is 0. The van der Waals surface area contributed by atoms with Crippen molar-refractivity contribution in [2.45, 2.75) is 31.9 Å². The van der Waals surface area contributed by atoms with E-state index in [0.29, 0.717) is 5.92 Å². The highest BCUT2D eigenvalue weighted by molar-refractivity contribution is 5.37. The molecule has 0 aliphatic carbocycles. The van der Waals surface area contributed by atoms with Crippen molar-refractivity contribution in [3.63, 3.8) is 0 Å². The number of rotatable bonds is 5. The molecule has 0 aliphatic rings. The van der Waals surface area contributed by atoms with Gasteiger partial charge in [-0.25, -0.2) is 0 Å². The largest absolute Gasteiger partial charge is 0.379 e. The van der Waals surface area contributed by atoms with Crippen LogP contribution in [-0.2, 0) is 5.60 Å². The lowest BCUT2D eigenvalue weighted by molar-refractivity contribution is 0.0442. The molecule has 0 heterocycles. The summed E-state index contributed by atoms with van der Waals surface area (Å²) in [7, 11) is 0. The van der Waals surface area contributed by atoms with E-state index in [2.05, 4.69) is 13.8 Å². The molecule has 0 aliphatic heterocycles. The Morgan fingerprint density at radius 2 is 1.30 bits per heavy atom. The fourth-order valence-electron chi connectivity index (χ4n) is 2.66. The average Bonchev–Trinajstić information content (AvgIpc) is 2.47. The van der Waals surface area contributed by atoms with Crippen LogP contribution in [0.5, 0.6) is 0 Å². The summed E-state index contributed by atoms with van der Waals surface area (Å²) in [6.07, 6.45) is 0.764. The zero-order valence-corrected chi connectivity index (χ0v) is 12.2. The van der Waals surface area contributed by atoms with Gasteiger partial charge in [0.1, 0.15) is 5.60 Å². The van der Waals surface area contributed by atoms with E-state index in [0.717, 1.165) is 17.5 Å². The van der Waals surface area contributed by atoms with Gasteiger partial charge in [-0.1, -0.05) is 74.5 Å². The quantitative estimate of drug-likeness (QED) is 0.875. The first-order valence-electron chi connectivity index (χ1n) is 7.14. The van der Waals surface area contributed by atoms with E-state index >= 15 is 0 Å². The lowest BCUT2D eigenvalue weighted by Gasteiger charge is -2.36. The van der Waals surface area contributed by atoms with Gasteiger partial charge in [0.25, 0.3) is 0 Å². The van der Waals surface area contributed by atoms with Crippen molar-refractivity contribution < 1.29 is 5.11 Å². The second-order valence-electron chi connectivity index (χ2n) is 5.73. The van der Waals surface area contributed by atoms with E-state index in [4.69, 9.17) is 5.73 Å². The van der Waals surface area contributed by atoms with Gasteiger partial charge in [0.15, 0.2) is 0 Å². The standard InChI is InChI=1S/C18H23NO/c1-14(2)13-17(19)18(20,15-9-5-3-6-10-15)16-11-7-4-8-12-16/h3-12,14,17,20H,13,19H2,1-2H3. The molecule has 3 N–H and O–H groups in total. The molecule has 0 fully saturated rings. The van der Waals surface area contributed by atoms with Crippen molar-refractivity contribution in [2.75, 3.05) is 0 Å². The number of hydrogen-bond acceptors (Lipinski definition) is 2. The number of aliphatic hydroxyl groups is 1. The molecule has 0 bridgehead atoms. The summed E-state index contributed by atoms with van der Waals surface area (Å²) in [5.41, 5.74) is 6.91. The van der Waals surface area contributed by atoms with E-state index < -0.39 is 5.60 Å². The van der Waals surface area contributed by atoms with E-state index in [1.165, 1.54) is 0 Å². The lowest BCUT2D eigenvalue weighted by atomic mass is 9.78. The van der Waals surface area contributed by atoms with Gasteiger partial charge in [-0.05, 0) is 23.5 Å². The molecule has 0 saturated carbocycles. The van der Waals surface area contributed by atoms with Crippen molar-refractivity contribution >= 4 is 0 Å². The van der Waals surface area contributed by atoms with Crippen LogP contribution in [0.1, 0.15) is 31.4 Å². The molecule has 20 heavy (non-hydrogen) atoms. The summed E-state index contributed by atoms with van der Waals surface area (Å²) >= 11 is 0. The molecular weight excluding hydrogens is 246 g/mol. The monoisotopic (exact) mass is 269 g/mol. The van der Waals surface area contributed by atoms with Crippen molar-refractivity contribution in [3.8, 4) is 0 Å². The lowest BCUT2D eigenvalue weighted by Crippen LogP contribution is -2.47. The van der Waals surface area contributed by atoms with E-state index in [1.54, 1.807) is 0 Å². The Kier molecular flexibility index (Phi) is 4.58. The molecule has 2 nitrogen and oxygen atoms in total. The minimum Gasteiger partial charge on any atom is -0.379 e. The summed E-state index contributed by atoms with van der Waals surface area (Å²) in [5.74, 6) is 0.434. The molecule has 2 rings (SSSR count). The summed E-state index contributed by atoms with van der Waals surface area (Å²) in [6.45, 7) is 4.24. The topological polar surface area (TPSA) is 46.2 Å². The van der Waals surface area contributed by atoms with Gasteiger partial charge >= 0.3 is 0 Å². The molecular formula is C18H23NO. The minimum atomic E-state index is -1.15. The van der Waals surface area contributed by atoms with E-state index in [9.17, 15) is 5.11 Å². The first kappa shape index (κ1) is 14.8. The predicted octanol–water partition coefficient (Wildman–Crippen LogP) is 3.30. The smallest absolute Gasteiger partial charge is 0.130 e. The third-order valence-corrected chi connectivity index (χ3v) is 3.69. The molecule has 1 unspecified atom stereocenters. The van der Waals surface area contributed by atoms with Gasteiger partial charge in [0, 0.05) is 6.04 Å². The Morgan fingerprint density at radius 3 is 1.65 bits per heavy atom. The molecule has 2 aromatic rings. The highest BCUT2D eigenvalue weighted by atomic mass is 16.3. The first-order chi connectivity index (χ1) is 9.55. The molecule has 106 valence electrons. The fraction of sp³-hybridized carbons (Fsp3) is 0.333. The van der Waals surface area contributed by atoms with E-state index in [1.807, 2.05) is 60.7 Å². The molecule has 0 radical (unpaired) electrons. The van der Waals surface area contributed by atoms with E-state index in [-0.39, 0.29) is 6.04 Å². The van der Waals surface area contributed by atoms with Crippen LogP contribution in [0, 0.1) is 5.92 Å². The fourth-order valence-corrected chi connectivity index (χ4v) is 2.66. The summed E-state index contributed by atoms with van der Waals surface area (Å²) < 4.78 is 0. The summed E-state index contributed by atoms with van der Waals surface area (Å²) in [5, 5.41) is 11.3. The van der Waals surface area contributed by atoms with Crippen LogP contribution >= 0.6 is 0 Å². The minimum absolute atomic E-state index is 0.340. The second kappa shape index (κ2) is 6.21. The van der Waals surface area contributed by atoms with Gasteiger partial charge in [0.05, 0.1) is 0 Å². The maximum Gasteiger partial charge on any atom is 0.130 e. The Morgan fingerprint density at radius 1 is 0.900 bits per heavy atom. The number of benzene rings is 2. The molecule has 0 saturated heterocycles. The maximum absolute atomic E-state index is 11.3. The molecule has 0 amide bonds. The van der Waals surface area contributed by atoms with Crippen LogP contribution in [0.25, 0.3) is 0 Å². The second-order valence-corrected chi connectivity index (χ2v) is 5.73. The van der Waals surface area contributed by atoms with Crippen LogP contribution < -0.4 is 5.73 Å². The van der Waals surface area contributed by atoms with Crippen molar-refractivity contribution in [1.82, 2.24) is 0 Å². The third kappa shape index (κ3) is 2.92. The predicted molar refractivity (Wildman–Crippen MR) is 83.3 cm³/mol. The Balaban J connectivity index is 2.49. The Bertz CT molecular complexity index is 482. The molecule has 2 heteroatoms. The molecule has 1 atom stereocenters. The van der Waals surface area contributed by atoms with Gasteiger partial charge < -0.3 is 10.8 Å². The van der Waals surface area contributed by atoms with Crippen molar-refractivity contribution in [2.24, 2.45) is 11.7 Å². The zero-order valence-electron chi connectivity index (χ0n) is 12.2. The first-order valence-corrected chi connectivity index (χ1v) is 7.14. The van der Waals surface area contributed by atoms with Gasteiger partial charge in [0.2, 0.25) is 0 Å². The van der Waals surface area contributed by atoms with Crippen LogP contribution in [0.4, 0.5) is 0 Å². The average molecular weight is 269 g/mol. The maximum atomic E-state index is 11.3. The van der Waals surface area contributed by atoms with Gasteiger partial charge in [-0.2, -0.15) is 0 Å². The zero-order chi connectivity index (χ0) is 14.6. The SMILES string of the molecule is CC(C)CC(N)C(O)(c1ccccc1)c1ccccc1. The molecule has 0 aromatic heterocycles. The van der Waals surface area contributed by atoms with Crippen LogP contribution in [0.3, 0.4) is 0 Å². The van der Waals surface area contributed by atoms with Gasteiger partial charge in [-0.15, -0.1) is 0 Å². The summed E-state index contributed by atoms with van der Waals surface area (Å²) in [6, 6.07) is 19.0. The molecule has 0 spiro atoms. The third-order valence-electron chi connectivity index (χ3n) is 3.69. The number of nitrogens with two attached hydrogens (primary N) is 1. The Labute approximate surface area is 121 Å².